The number of aromatic nitrogens is 2. The van der Waals surface area contributed by atoms with E-state index in [9.17, 15) is 9.50 Å². The summed E-state index contributed by atoms with van der Waals surface area (Å²) in [7, 11) is 0. The van der Waals surface area contributed by atoms with Gasteiger partial charge in [-0.05, 0) is 23.8 Å². The minimum atomic E-state index is -1.03. The molecule has 0 aromatic carbocycles. The second-order valence-electron chi connectivity index (χ2n) is 3.64. The van der Waals surface area contributed by atoms with Crippen LogP contribution in [0.3, 0.4) is 0 Å². The molecule has 0 bridgehead atoms. The van der Waals surface area contributed by atoms with E-state index in [0.29, 0.717) is 11.4 Å². The second kappa shape index (κ2) is 4.88. The molecule has 3 N–H and O–H groups in total. The molecule has 0 aliphatic carbocycles. The highest BCUT2D eigenvalue weighted by molar-refractivity contribution is 5.39. The molecule has 0 spiro atoms. The molecule has 88 valence electrons. The van der Waals surface area contributed by atoms with Crippen LogP contribution in [0.25, 0.3) is 0 Å². The number of hydrogen-bond acceptors (Lipinski definition) is 4. The molecule has 0 fully saturated rings. The highest BCUT2D eigenvalue weighted by atomic mass is 19.1. The lowest BCUT2D eigenvalue weighted by Gasteiger charge is -2.11. The minimum Gasteiger partial charge on any atom is -0.386 e. The van der Waals surface area contributed by atoms with E-state index in [1.807, 2.05) is 0 Å². The molecule has 2 rings (SSSR count). The number of aliphatic hydroxyl groups is 1. The van der Waals surface area contributed by atoms with E-state index in [1.54, 1.807) is 18.3 Å². The zero-order valence-corrected chi connectivity index (χ0v) is 9.05. The van der Waals surface area contributed by atoms with Gasteiger partial charge in [-0.1, -0.05) is 6.07 Å². The maximum atomic E-state index is 13.4. The van der Waals surface area contributed by atoms with Crippen molar-refractivity contribution in [2.75, 3.05) is 5.73 Å². The number of halogens is 1. The Kier molecular flexibility index (Phi) is 3.30. The summed E-state index contributed by atoms with van der Waals surface area (Å²) in [6, 6.07) is 6.20. The molecule has 0 saturated heterocycles. The first kappa shape index (κ1) is 11.5. The predicted molar refractivity (Wildman–Crippen MR) is 61.5 cm³/mol. The van der Waals surface area contributed by atoms with Crippen LogP contribution in [0.5, 0.6) is 0 Å². The standard InChI is InChI=1S/C12H12FN3O/c13-9-4-2-5-15-11(9)10(17)7-8-3-1-6-16-12(8)14/h1-6,10,17H,7H2,(H2,14,16). The Balaban J connectivity index is 2.20. The van der Waals surface area contributed by atoms with Crippen molar-refractivity contribution in [3.8, 4) is 0 Å². The second-order valence-corrected chi connectivity index (χ2v) is 3.64. The van der Waals surface area contributed by atoms with Crippen LogP contribution in [0.15, 0.2) is 36.7 Å². The van der Waals surface area contributed by atoms with Crippen LogP contribution in [0.4, 0.5) is 10.2 Å². The lowest BCUT2D eigenvalue weighted by Crippen LogP contribution is -2.08. The van der Waals surface area contributed by atoms with Gasteiger partial charge in [-0.3, -0.25) is 4.98 Å². The Morgan fingerprint density at radius 3 is 2.65 bits per heavy atom. The molecule has 0 amide bonds. The van der Waals surface area contributed by atoms with Crippen LogP contribution < -0.4 is 5.73 Å². The molecule has 2 heterocycles. The Hall–Kier alpha value is -2.01. The van der Waals surface area contributed by atoms with Gasteiger partial charge in [0.25, 0.3) is 0 Å². The van der Waals surface area contributed by atoms with Crippen molar-refractivity contribution in [1.82, 2.24) is 9.97 Å². The number of nitrogens with two attached hydrogens (primary N) is 1. The van der Waals surface area contributed by atoms with Gasteiger partial charge in [0, 0.05) is 18.8 Å². The van der Waals surface area contributed by atoms with E-state index in [4.69, 9.17) is 5.73 Å². The summed E-state index contributed by atoms with van der Waals surface area (Å²) in [6.07, 6.45) is 2.16. The van der Waals surface area contributed by atoms with Crippen LogP contribution in [0, 0.1) is 5.82 Å². The Morgan fingerprint density at radius 2 is 1.94 bits per heavy atom. The van der Waals surface area contributed by atoms with E-state index < -0.39 is 11.9 Å². The smallest absolute Gasteiger partial charge is 0.147 e. The monoisotopic (exact) mass is 233 g/mol. The molecule has 5 heteroatoms. The zero-order valence-electron chi connectivity index (χ0n) is 9.05. The molecule has 4 nitrogen and oxygen atoms in total. The maximum Gasteiger partial charge on any atom is 0.147 e. The normalized spacial score (nSPS) is 12.4. The first-order valence-corrected chi connectivity index (χ1v) is 5.16. The van der Waals surface area contributed by atoms with E-state index in [-0.39, 0.29) is 12.1 Å². The summed E-state index contributed by atoms with van der Waals surface area (Å²) in [5.41, 5.74) is 6.34. The SMILES string of the molecule is Nc1ncccc1CC(O)c1ncccc1F. The Bertz CT molecular complexity index is 519. The van der Waals surface area contributed by atoms with Gasteiger partial charge in [0.1, 0.15) is 23.4 Å². The third kappa shape index (κ3) is 2.57. The fraction of sp³-hybridized carbons (Fsp3) is 0.167. The lowest BCUT2D eigenvalue weighted by molar-refractivity contribution is 0.168. The van der Waals surface area contributed by atoms with Crippen molar-refractivity contribution in [2.24, 2.45) is 0 Å². The highest BCUT2D eigenvalue weighted by Gasteiger charge is 2.15. The van der Waals surface area contributed by atoms with Gasteiger partial charge in [0.2, 0.25) is 0 Å². The molecule has 17 heavy (non-hydrogen) atoms. The van der Waals surface area contributed by atoms with Crippen LogP contribution in [0.1, 0.15) is 17.4 Å². The lowest BCUT2D eigenvalue weighted by atomic mass is 10.1. The predicted octanol–water partition coefficient (Wildman–Crippen LogP) is 1.47. The fourth-order valence-electron chi connectivity index (χ4n) is 1.57. The number of pyridine rings is 2. The number of aliphatic hydroxyl groups excluding tert-OH is 1. The average molecular weight is 233 g/mol. The first-order valence-electron chi connectivity index (χ1n) is 5.16. The summed E-state index contributed by atoms with van der Waals surface area (Å²) in [4.78, 5) is 7.72. The summed E-state index contributed by atoms with van der Waals surface area (Å²) in [5.74, 6) is -0.189. The molecule has 0 radical (unpaired) electrons. The first-order chi connectivity index (χ1) is 8.18. The zero-order chi connectivity index (χ0) is 12.3. The van der Waals surface area contributed by atoms with Crippen molar-refractivity contribution in [1.29, 1.82) is 0 Å². The summed E-state index contributed by atoms with van der Waals surface area (Å²) in [5, 5.41) is 9.89. The largest absolute Gasteiger partial charge is 0.386 e. The van der Waals surface area contributed by atoms with Crippen LogP contribution in [-0.4, -0.2) is 15.1 Å². The highest BCUT2D eigenvalue weighted by Crippen LogP contribution is 2.20. The van der Waals surface area contributed by atoms with Gasteiger partial charge in [-0.15, -0.1) is 0 Å². The number of nitrogens with zero attached hydrogens (tertiary/aromatic N) is 2. The number of hydrogen-bond donors (Lipinski definition) is 2. The van der Waals surface area contributed by atoms with Gasteiger partial charge >= 0.3 is 0 Å². The Morgan fingerprint density at radius 1 is 1.24 bits per heavy atom. The van der Waals surface area contributed by atoms with Crippen molar-refractivity contribution < 1.29 is 9.50 Å². The summed E-state index contributed by atoms with van der Waals surface area (Å²) < 4.78 is 13.4. The fourth-order valence-corrected chi connectivity index (χ4v) is 1.57. The molecule has 0 aliphatic heterocycles. The third-order valence-electron chi connectivity index (χ3n) is 2.44. The molecule has 2 aromatic rings. The van der Waals surface area contributed by atoms with Gasteiger partial charge in [-0.25, -0.2) is 9.37 Å². The van der Waals surface area contributed by atoms with Crippen molar-refractivity contribution in [3.63, 3.8) is 0 Å². The van der Waals surface area contributed by atoms with Gasteiger partial charge < -0.3 is 10.8 Å². The molecule has 1 atom stereocenters. The maximum absolute atomic E-state index is 13.4. The minimum absolute atomic E-state index is 0.0238. The molecule has 0 aliphatic rings. The summed E-state index contributed by atoms with van der Waals surface area (Å²) >= 11 is 0. The number of anilines is 1. The topological polar surface area (TPSA) is 72.0 Å². The van der Waals surface area contributed by atoms with Gasteiger partial charge in [0.15, 0.2) is 0 Å². The van der Waals surface area contributed by atoms with Gasteiger partial charge in [-0.2, -0.15) is 0 Å². The molecule has 0 saturated carbocycles. The molecular formula is C12H12FN3O. The third-order valence-corrected chi connectivity index (χ3v) is 2.44. The molecule has 2 aromatic heterocycles. The van der Waals surface area contributed by atoms with Crippen molar-refractivity contribution >= 4 is 5.82 Å². The van der Waals surface area contributed by atoms with Crippen molar-refractivity contribution in [3.05, 3.63) is 53.7 Å². The van der Waals surface area contributed by atoms with Crippen LogP contribution in [0.2, 0.25) is 0 Å². The van der Waals surface area contributed by atoms with Crippen molar-refractivity contribution in [2.45, 2.75) is 12.5 Å². The van der Waals surface area contributed by atoms with Crippen LogP contribution >= 0.6 is 0 Å². The quantitative estimate of drug-likeness (QED) is 0.842. The molecular weight excluding hydrogens is 221 g/mol. The van der Waals surface area contributed by atoms with E-state index in [2.05, 4.69) is 9.97 Å². The van der Waals surface area contributed by atoms with E-state index >= 15 is 0 Å². The molecule has 1 unspecified atom stereocenters. The number of rotatable bonds is 3. The average Bonchev–Trinajstić information content (AvgIpc) is 2.32. The van der Waals surface area contributed by atoms with Gasteiger partial charge in [0.05, 0.1) is 0 Å². The van der Waals surface area contributed by atoms with E-state index in [1.165, 1.54) is 18.3 Å². The summed E-state index contributed by atoms with van der Waals surface area (Å²) in [6.45, 7) is 0. The van der Waals surface area contributed by atoms with E-state index in [0.717, 1.165) is 0 Å². The van der Waals surface area contributed by atoms with Crippen LogP contribution in [-0.2, 0) is 6.42 Å². The number of nitrogen functional groups attached to an aromatic ring is 1. The Labute approximate surface area is 98.0 Å².